The minimum absolute atomic E-state index is 0.221. The summed E-state index contributed by atoms with van der Waals surface area (Å²) >= 11 is 0. The zero-order valence-electron chi connectivity index (χ0n) is 10.4. The van der Waals surface area contributed by atoms with E-state index in [1.54, 1.807) is 32.0 Å². The first-order valence-electron chi connectivity index (χ1n) is 5.31. The number of methoxy groups -OCH3 is 1. The van der Waals surface area contributed by atoms with Gasteiger partial charge in [0.05, 0.1) is 13.2 Å². The number of carbonyl (C=O) groups excluding carboxylic acids is 2. The van der Waals surface area contributed by atoms with Crippen LogP contribution in [-0.4, -0.2) is 30.4 Å². The number of nitrogens with one attached hydrogen (secondary N) is 2. The molecule has 7 nitrogen and oxygen atoms in total. The highest BCUT2D eigenvalue weighted by Crippen LogP contribution is 2.10. The molecule has 98 valence electrons. The van der Waals surface area contributed by atoms with E-state index in [1.807, 2.05) is 0 Å². The summed E-state index contributed by atoms with van der Waals surface area (Å²) in [5.41, 5.74) is 0. The minimum Gasteiger partial charge on any atom is -0.453 e. The van der Waals surface area contributed by atoms with Crippen molar-refractivity contribution in [3.8, 4) is 0 Å². The molecule has 0 atom stereocenters. The number of pyridine rings is 1. The maximum absolute atomic E-state index is 11.3. The molecule has 0 aliphatic rings. The van der Waals surface area contributed by atoms with E-state index in [0.29, 0.717) is 0 Å². The number of hydrogen-bond acceptors (Lipinski definition) is 5. The molecular weight excluding hydrogens is 238 g/mol. The van der Waals surface area contributed by atoms with E-state index in [2.05, 4.69) is 20.4 Å². The summed E-state index contributed by atoms with van der Waals surface area (Å²) in [7, 11) is 1.25. The van der Waals surface area contributed by atoms with Crippen LogP contribution in [0, 0.1) is 0 Å². The number of carbonyl (C=O) groups is 2. The number of hydrogen-bond donors (Lipinski definition) is 2. The zero-order valence-corrected chi connectivity index (χ0v) is 10.4. The van der Waals surface area contributed by atoms with Gasteiger partial charge in [0, 0.05) is 0 Å². The first-order valence-corrected chi connectivity index (χ1v) is 5.31. The highest BCUT2D eigenvalue weighted by molar-refractivity contribution is 5.85. The molecule has 0 radical (unpaired) electrons. The van der Waals surface area contributed by atoms with Crippen molar-refractivity contribution in [1.82, 2.24) is 4.98 Å². The van der Waals surface area contributed by atoms with Gasteiger partial charge in [-0.3, -0.25) is 10.6 Å². The Morgan fingerprint density at radius 2 is 1.72 bits per heavy atom. The van der Waals surface area contributed by atoms with Gasteiger partial charge < -0.3 is 9.47 Å². The van der Waals surface area contributed by atoms with Crippen molar-refractivity contribution in [2.24, 2.45) is 0 Å². The lowest BCUT2D eigenvalue weighted by Crippen LogP contribution is -2.19. The predicted molar refractivity (Wildman–Crippen MR) is 65.5 cm³/mol. The summed E-state index contributed by atoms with van der Waals surface area (Å²) in [5, 5.41) is 4.82. The van der Waals surface area contributed by atoms with Crippen molar-refractivity contribution in [3.05, 3.63) is 18.2 Å². The van der Waals surface area contributed by atoms with E-state index in [0.717, 1.165) is 0 Å². The topological polar surface area (TPSA) is 89.6 Å². The molecule has 0 saturated carbocycles. The molecule has 0 unspecified atom stereocenters. The molecule has 0 aromatic carbocycles. The monoisotopic (exact) mass is 253 g/mol. The van der Waals surface area contributed by atoms with Crippen LogP contribution in [0.3, 0.4) is 0 Å². The molecule has 18 heavy (non-hydrogen) atoms. The Balaban J connectivity index is 2.64. The van der Waals surface area contributed by atoms with Crippen LogP contribution in [0.15, 0.2) is 18.2 Å². The molecule has 7 heteroatoms. The van der Waals surface area contributed by atoms with Gasteiger partial charge >= 0.3 is 12.2 Å². The molecule has 1 rings (SSSR count). The lowest BCUT2D eigenvalue weighted by molar-refractivity contribution is 0.130. The first-order chi connectivity index (χ1) is 8.51. The molecule has 1 heterocycles. The van der Waals surface area contributed by atoms with Crippen LogP contribution in [-0.2, 0) is 9.47 Å². The van der Waals surface area contributed by atoms with Crippen LogP contribution >= 0.6 is 0 Å². The molecule has 0 spiro atoms. The Bertz CT molecular complexity index is 434. The van der Waals surface area contributed by atoms with Crippen LogP contribution in [0.1, 0.15) is 13.8 Å². The lowest BCUT2D eigenvalue weighted by atomic mass is 10.4. The second-order valence-electron chi connectivity index (χ2n) is 3.60. The zero-order chi connectivity index (χ0) is 13.5. The third-order valence-corrected chi connectivity index (χ3v) is 1.74. The molecule has 0 aliphatic heterocycles. The van der Waals surface area contributed by atoms with E-state index >= 15 is 0 Å². The average Bonchev–Trinajstić information content (AvgIpc) is 2.28. The molecule has 2 N–H and O–H groups in total. The molecule has 0 aliphatic carbocycles. The van der Waals surface area contributed by atoms with Gasteiger partial charge in [0.15, 0.2) is 0 Å². The first kappa shape index (κ1) is 13.8. The van der Waals surface area contributed by atoms with E-state index < -0.39 is 12.2 Å². The fourth-order valence-electron chi connectivity index (χ4n) is 1.08. The van der Waals surface area contributed by atoms with Crippen molar-refractivity contribution in [1.29, 1.82) is 0 Å². The largest absolute Gasteiger partial charge is 0.453 e. The Labute approximate surface area is 104 Å². The summed E-state index contributed by atoms with van der Waals surface area (Å²) in [6, 6.07) is 4.77. The maximum atomic E-state index is 11.3. The Morgan fingerprint density at radius 3 is 2.22 bits per heavy atom. The minimum atomic E-state index is -0.635. The van der Waals surface area contributed by atoms with Gasteiger partial charge in [-0.25, -0.2) is 14.6 Å². The van der Waals surface area contributed by atoms with Crippen LogP contribution < -0.4 is 10.6 Å². The third-order valence-electron chi connectivity index (χ3n) is 1.74. The average molecular weight is 253 g/mol. The summed E-state index contributed by atoms with van der Waals surface area (Å²) in [4.78, 5) is 26.3. The molecule has 0 bridgehead atoms. The van der Waals surface area contributed by atoms with Gasteiger partial charge in [0.25, 0.3) is 0 Å². The molecule has 0 fully saturated rings. The maximum Gasteiger partial charge on any atom is 0.413 e. The van der Waals surface area contributed by atoms with Crippen LogP contribution in [0.2, 0.25) is 0 Å². The van der Waals surface area contributed by atoms with Crippen molar-refractivity contribution in [3.63, 3.8) is 0 Å². The molecule has 2 amide bonds. The van der Waals surface area contributed by atoms with Crippen molar-refractivity contribution in [2.45, 2.75) is 20.0 Å². The summed E-state index contributed by atoms with van der Waals surface area (Å²) in [6.07, 6.45) is -1.46. The Hall–Kier alpha value is -2.31. The predicted octanol–water partition coefficient (Wildman–Crippen LogP) is 2.22. The fraction of sp³-hybridized carbons (Fsp3) is 0.364. The van der Waals surface area contributed by atoms with Gasteiger partial charge in [-0.2, -0.15) is 0 Å². The number of anilines is 2. The smallest absolute Gasteiger partial charge is 0.413 e. The Kier molecular flexibility index (Phi) is 4.91. The summed E-state index contributed by atoms with van der Waals surface area (Å²) in [6.45, 7) is 3.48. The number of nitrogens with zero attached hydrogens (tertiary/aromatic N) is 1. The quantitative estimate of drug-likeness (QED) is 0.862. The summed E-state index contributed by atoms with van der Waals surface area (Å²) < 4.78 is 9.32. The second-order valence-corrected chi connectivity index (χ2v) is 3.60. The third kappa shape index (κ3) is 4.69. The number of aromatic nitrogens is 1. The van der Waals surface area contributed by atoms with E-state index in [9.17, 15) is 9.59 Å². The highest BCUT2D eigenvalue weighted by atomic mass is 16.6. The summed E-state index contributed by atoms with van der Waals surface area (Å²) in [5.74, 6) is 0.541. The molecule has 1 aromatic rings. The Morgan fingerprint density at radius 1 is 1.17 bits per heavy atom. The van der Waals surface area contributed by atoms with Gasteiger partial charge in [-0.15, -0.1) is 0 Å². The van der Waals surface area contributed by atoms with Gasteiger partial charge in [-0.1, -0.05) is 6.07 Å². The lowest BCUT2D eigenvalue weighted by Gasteiger charge is -2.09. The number of ether oxygens (including phenoxy) is 2. The van der Waals surface area contributed by atoms with E-state index in [-0.39, 0.29) is 17.7 Å². The van der Waals surface area contributed by atoms with Crippen molar-refractivity contribution in [2.75, 3.05) is 17.7 Å². The van der Waals surface area contributed by atoms with Crippen LogP contribution in [0.5, 0.6) is 0 Å². The number of amides is 2. The second kappa shape index (κ2) is 6.43. The van der Waals surface area contributed by atoms with Crippen LogP contribution in [0.4, 0.5) is 21.2 Å². The van der Waals surface area contributed by atoms with E-state index in [1.165, 1.54) is 7.11 Å². The standard InChI is InChI=1S/C11H15N3O4/c1-7(2)18-11(16)14-9-6-4-5-8(12-9)13-10(15)17-3/h4-7H,1-3H3,(H2,12,13,14,15,16). The van der Waals surface area contributed by atoms with E-state index in [4.69, 9.17) is 4.74 Å². The fourth-order valence-corrected chi connectivity index (χ4v) is 1.08. The molecule has 1 aromatic heterocycles. The van der Waals surface area contributed by atoms with Crippen LogP contribution in [0.25, 0.3) is 0 Å². The highest BCUT2D eigenvalue weighted by Gasteiger charge is 2.07. The normalized spacial score (nSPS) is 9.78. The SMILES string of the molecule is COC(=O)Nc1cccc(NC(=O)OC(C)C)n1. The number of rotatable bonds is 3. The van der Waals surface area contributed by atoms with Crippen molar-refractivity contribution < 1.29 is 19.1 Å². The molecule has 0 saturated heterocycles. The van der Waals surface area contributed by atoms with Gasteiger partial charge in [-0.05, 0) is 26.0 Å². The van der Waals surface area contributed by atoms with Crippen molar-refractivity contribution >= 4 is 23.8 Å². The molecular formula is C11H15N3O4. The van der Waals surface area contributed by atoms with Gasteiger partial charge in [0.1, 0.15) is 11.6 Å². The van der Waals surface area contributed by atoms with Gasteiger partial charge in [0.2, 0.25) is 0 Å².